The number of ether oxygens (including phenoxy) is 2. The highest BCUT2D eigenvalue weighted by molar-refractivity contribution is 5.93. The average Bonchev–Trinajstić information content (AvgIpc) is 2.59. The van der Waals surface area contributed by atoms with Crippen molar-refractivity contribution in [3.05, 3.63) is 40.6 Å². The molecule has 9 heteroatoms. The van der Waals surface area contributed by atoms with Crippen molar-refractivity contribution in [2.75, 3.05) is 20.2 Å². The Hall–Kier alpha value is -3.23. The van der Waals surface area contributed by atoms with Crippen molar-refractivity contribution in [1.29, 1.82) is 0 Å². The fourth-order valence-electron chi connectivity index (χ4n) is 2.06. The summed E-state index contributed by atoms with van der Waals surface area (Å²) in [5.41, 5.74) is 0.0476. The normalized spacial score (nSPS) is 10.3. The number of aromatic nitrogens is 1. The highest BCUT2D eigenvalue weighted by Crippen LogP contribution is 2.31. The zero-order valence-electron chi connectivity index (χ0n) is 13.8. The van der Waals surface area contributed by atoms with E-state index in [0.29, 0.717) is 6.42 Å². The number of nitro benzene ring substituents is 1. The molecule has 1 aromatic carbocycles. The fraction of sp³-hybridized carbons (Fsp3) is 0.312. The van der Waals surface area contributed by atoms with Crippen LogP contribution in [0.4, 0.5) is 10.5 Å². The van der Waals surface area contributed by atoms with Gasteiger partial charge in [-0.15, -0.1) is 0 Å². The number of non-ortho nitro benzene ring substituents is 1. The number of fused-ring (bicyclic) bond motifs is 1. The summed E-state index contributed by atoms with van der Waals surface area (Å²) >= 11 is 0. The first-order chi connectivity index (χ1) is 11.9. The van der Waals surface area contributed by atoms with Gasteiger partial charge in [-0.1, -0.05) is 6.92 Å². The second kappa shape index (κ2) is 8.04. The van der Waals surface area contributed by atoms with Crippen LogP contribution in [0.2, 0.25) is 0 Å². The molecule has 0 bridgehead atoms. The maximum Gasteiger partial charge on any atom is 0.415 e. The van der Waals surface area contributed by atoms with Gasteiger partial charge in [0.2, 0.25) is 0 Å². The molecular weight excluding hydrogens is 330 g/mol. The SMILES string of the molecule is CCCOC(=O)CN(C)C(=O)Oc1ccc([N+](=O)[O-])c2cccnc12. The van der Waals surface area contributed by atoms with Gasteiger partial charge in [0, 0.05) is 19.3 Å². The smallest absolute Gasteiger partial charge is 0.415 e. The van der Waals surface area contributed by atoms with E-state index in [4.69, 9.17) is 9.47 Å². The summed E-state index contributed by atoms with van der Waals surface area (Å²) in [6.45, 7) is 1.87. The Morgan fingerprint density at radius 2 is 2.08 bits per heavy atom. The number of carbonyl (C=O) groups excluding carboxylic acids is 2. The number of hydrogen-bond acceptors (Lipinski definition) is 7. The first-order valence-electron chi connectivity index (χ1n) is 7.54. The van der Waals surface area contributed by atoms with Gasteiger partial charge >= 0.3 is 12.1 Å². The van der Waals surface area contributed by atoms with Crippen LogP contribution in [-0.2, 0) is 9.53 Å². The lowest BCUT2D eigenvalue weighted by Crippen LogP contribution is -2.35. The summed E-state index contributed by atoms with van der Waals surface area (Å²) in [5.74, 6) is -0.479. The van der Waals surface area contributed by atoms with E-state index in [-0.39, 0.29) is 35.5 Å². The van der Waals surface area contributed by atoms with Gasteiger partial charge in [0.05, 0.1) is 16.9 Å². The summed E-state index contributed by atoms with van der Waals surface area (Å²) in [6, 6.07) is 5.61. The molecule has 0 atom stereocenters. The van der Waals surface area contributed by atoms with Gasteiger partial charge in [-0.2, -0.15) is 0 Å². The largest absolute Gasteiger partial charge is 0.464 e. The number of amides is 1. The predicted octanol–water partition coefficient (Wildman–Crippen LogP) is 2.53. The zero-order chi connectivity index (χ0) is 18.4. The van der Waals surface area contributed by atoms with Gasteiger partial charge in [0.15, 0.2) is 5.75 Å². The molecule has 0 saturated carbocycles. The first-order valence-corrected chi connectivity index (χ1v) is 7.54. The third kappa shape index (κ3) is 4.40. The van der Waals surface area contributed by atoms with Crippen molar-refractivity contribution in [3.63, 3.8) is 0 Å². The molecule has 0 radical (unpaired) electrons. The Kier molecular flexibility index (Phi) is 5.83. The lowest BCUT2D eigenvalue weighted by atomic mass is 10.1. The van der Waals surface area contributed by atoms with E-state index < -0.39 is 17.0 Å². The Bertz CT molecular complexity index is 808. The van der Waals surface area contributed by atoms with Crippen LogP contribution in [0.5, 0.6) is 5.75 Å². The average molecular weight is 347 g/mol. The van der Waals surface area contributed by atoms with Gasteiger partial charge < -0.3 is 9.47 Å². The van der Waals surface area contributed by atoms with Crippen LogP contribution >= 0.6 is 0 Å². The third-order valence-corrected chi connectivity index (χ3v) is 3.25. The molecule has 0 unspecified atom stereocenters. The van der Waals surface area contributed by atoms with Gasteiger partial charge in [-0.3, -0.25) is 24.8 Å². The molecule has 0 spiro atoms. The first kappa shape index (κ1) is 18.1. The molecule has 1 heterocycles. The summed E-state index contributed by atoms with van der Waals surface area (Å²) in [7, 11) is 1.39. The topological polar surface area (TPSA) is 112 Å². The van der Waals surface area contributed by atoms with Crippen LogP contribution in [0.1, 0.15) is 13.3 Å². The number of esters is 1. The van der Waals surface area contributed by atoms with E-state index >= 15 is 0 Å². The molecule has 0 N–H and O–H groups in total. The van der Waals surface area contributed by atoms with Gasteiger partial charge in [-0.25, -0.2) is 4.79 Å². The minimum Gasteiger partial charge on any atom is -0.464 e. The molecule has 25 heavy (non-hydrogen) atoms. The standard InChI is InChI=1S/C16H17N3O6/c1-3-9-24-14(20)10-18(2)16(21)25-13-7-6-12(19(22)23)11-5-4-8-17-15(11)13/h4-8H,3,9-10H2,1-2H3. The molecule has 1 amide bonds. The number of rotatable bonds is 6. The number of benzene rings is 1. The number of likely N-dealkylation sites (N-methyl/N-ethyl adjacent to an activating group) is 1. The molecule has 0 aliphatic heterocycles. The van der Waals surface area contributed by atoms with E-state index in [1.807, 2.05) is 6.92 Å². The van der Waals surface area contributed by atoms with Crippen molar-refractivity contribution in [1.82, 2.24) is 9.88 Å². The van der Waals surface area contributed by atoms with Crippen molar-refractivity contribution >= 4 is 28.7 Å². The number of pyridine rings is 1. The van der Waals surface area contributed by atoms with E-state index in [1.54, 1.807) is 6.07 Å². The fourth-order valence-corrected chi connectivity index (χ4v) is 2.06. The highest BCUT2D eigenvalue weighted by atomic mass is 16.6. The van der Waals surface area contributed by atoms with Gasteiger partial charge in [-0.05, 0) is 24.6 Å². The van der Waals surface area contributed by atoms with Crippen LogP contribution in [0, 0.1) is 10.1 Å². The Balaban J connectivity index is 2.17. The van der Waals surface area contributed by atoms with E-state index in [1.165, 1.54) is 31.4 Å². The monoisotopic (exact) mass is 347 g/mol. The summed E-state index contributed by atoms with van der Waals surface area (Å²) in [4.78, 5) is 39.3. The Morgan fingerprint density at radius 3 is 2.76 bits per heavy atom. The molecule has 0 aliphatic carbocycles. The molecule has 0 saturated heterocycles. The third-order valence-electron chi connectivity index (χ3n) is 3.25. The molecule has 0 aliphatic rings. The zero-order valence-corrected chi connectivity index (χ0v) is 13.8. The second-order valence-corrected chi connectivity index (χ2v) is 5.18. The van der Waals surface area contributed by atoms with Crippen LogP contribution < -0.4 is 4.74 Å². The summed E-state index contributed by atoms with van der Waals surface area (Å²) in [5, 5.41) is 11.3. The molecule has 9 nitrogen and oxygen atoms in total. The van der Waals surface area contributed by atoms with E-state index in [2.05, 4.69) is 4.98 Å². The minimum atomic E-state index is -0.797. The molecule has 1 aromatic heterocycles. The summed E-state index contributed by atoms with van der Waals surface area (Å²) < 4.78 is 10.1. The number of nitrogens with zero attached hydrogens (tertiary/aromatic N) is 3. The predicted molar refractivity (Wildman–Crippen MR) is 88.3 cm³/mol. The highest BCUT2D eigenvalue weighted by Gasteiger charge is 2.20. The van der Waals surface area contributed by atoms with E-state index in [9.17, 15) is 19.7 Å². The van der Waals surface area contributed by atoms with Crippen LogP contribution in [-0.4, -0.2) is 47.1 Å². The van der Waals surface area contributed by atoms with Gasteiger partial charge in [0.25, 0.3) is 5.69 Å². The maximum atomic E-state index is 12.1. The van der Waals surface area contributed by atoms with Crippen molar-refractivity contribution in [3.8, 4) is 5.75 Å². The number of nitro groups is 1. The quantitative estimate of drug-likeness (QED) is 0.448. The maximum absolute atomic E-state index is 12.1. The second-order valence-electron chi connectivity index (χ2n) is 5.18. The van der Waals surface area contributed by atoms with Gasteiger partial charge in [0.1, 0.15) is 12.1 Å². The number of hydrogen-bond donors (Lipinski definition) is 0. The van der Waals surface area contributed by atoms with Crippen molar-refractivity contribution in [2.45, 2.75) is 13.3 Å². The molecule has 132 valence electrons. The molecule has 2 aromatic rings. The van der Waals surface area contributed by atoms with Crippen molar-refractivity contribution < 1.29 is 24.0 Å². The van der Waals surface area contributed by atoms with Crippen LogP contribution in [0.3, 0.4) is 0 Å². The Labute approximate surface area is 143 Å². The van der Waals surface area contributed by atoms with Crippen LogP contribution in [0.25, 0.3) is 10.9 Å². The lowest BCUT2D eigenvalue weighted by Gasteiger charge is -2.16. The van der Waals surface area contributed by atoms with Crippen LogP contribution in [0.15, 0.2) is 30.5 Å². The summed E-state index contributed by atoms with van der Waals surface area (Å²) in [6.07, 6.45) is 1.32. The van der Waals surface area contributed by atoms with E-state index in [0.717, 1.165) is 4.90 Å². The Morgan fingerprint density at radius 1 is 1.32 bits per heavy atom. The molecule has 2 rings (SSSR count). The lowest BCUT2D eigenvalue weighted by molar-refractivity contribution is -0.383. The number of carbonyl (C=O) groups is 2. The molecular formula is C16H17N3O6. The molecule has 0 fully saturated rings. The minimum absolute atomic E-state index is 0.0694. The van der Waals surface area contributed by atoms with Crippen molar-refractivity contribution in [2.24, 2.45) is 0 Å².